The number of nitriles is 1. The van der Waals surface area contributed by atoms with Crippen LogP contribution in [0.4, 0.5) is 14.5 Å². The smallest absolute Gasteiger partial charge is 0.181 e. The van der Waals surface area contributed by atoms with Crippen LogP contribution < -0.4 is 5.32 Å². The Hall–Kier alpha value is -1.63. The number of nitrogens with zero attached hydrogens (tertiary/aromatic N) is 1. The third kappa shape index (κ3) is 1.65. The quantitative estimate of drug-likeness (QED) is 0.811. The van der Waals surface area contributed by atoms with Gasteiger partial charge in [-0.15, -0.1) is 0 Å². The van der Waals surface area contributed by atoms with Crippen LogP contribution in [0.15, 0.2) is 18.2 Å². The minimum atomic E-state index is -0.918. The Balaban J connectivity index is 2.25. The number of hydrogen-bond acceptors (Lipinski definition) is 2. The maximum atomic E-state index is 13.3. The molecular weight excluding hydrogens is 198 g/mol. The van der Waals surface area contributed by atoms with E-state index >= 15 is 0 Å². The van der Waals surface area contributed by atoms with Crippen LogP contribution in [0.5, 0.6) is 0 Å². The second kappa shape index (κ2) is 3.50. The fourth-order valence-electron chi connectivity index (χ4n) is 1.65. The first-order valence-electron chi connectivity index (χ1n) is 4.80. The predicted molar refractivity (Wildman–Crippen MR) is 52.2 cm³/mol. The summed E-state index contributed by atoms with van der Waals surface area (Å²) in [6.07, 6.45) is 2.30. The molecule has 1 aromatic carbocycles. The zero-order chi connectivity index (χ0) is 10.9. The molecule has 0 saturated heterocycles. The zero-order valence-electron chi connectivity index (χ0n) is 8.06. The van der Waals surface area contributed by atoms with Gasteiger partial charge in [-0.1, -0.05) is 6.07 Å². The number of anilines is 1. The first-order chi connectivity index (χ1) is 7.17. The number of nitrogens with one attached hydrogen (secondary N) is 1. The van der Waals surface area contributed by atoms with Crippen LogP contribution in [0.2, 0.25) is 0 Å². The van der Waals surface area contributed by atoms with Crippen molar-refractivity contribution in [3.8, 4) is 6.07 Å². The molecular formula is C11H10F2N2. The Kier molecular flexibility index (Phi) is 2.31. The Morgan fingerprint density at radius 1 is 1.33 bits per heavy atom. The second-order valence-electron chi connectivity index (χ2n) is 3.77. The molecule has 78 valence electrons. The molecule has 1 aliphatic rings. The van der Waals surface area contributed by atoms with Gasteiger partial charge >= 0.3 is 0 Å². The highest BCUT2D eigenvalue weighted by Crippen LogP contribution is 2.35. The van der Waals surface area contributed by atoms with E-state index in [1.54, 1.807) is 0 Å². The second-order valence-corrected chi connectivity index (χ2v) is 3.77. The average molecular weight is 208 g/mol. The van der Waals surface area contributed by atoms with Crippen molar-refractivity contribution in [3.05, 3.63) is 29.8 Å². The van der Waals surface area contributed by atoms with Crippen molar-refractivity contribution < 1.29 is 8.78 Å². The fraction of sp³-hybridized carbons (Fsp3) is 0.364. The van der Waals surface area contributed by atoms with Gasteiger partial charge in [-0.3, -0.25) is 0 Å². The number of hydrogen-bond donors (Lipinski definition) is 1. The number of halogens is 2. The van der Waals surface area contributed by atoms with Crippen LogP contribution >= 0.6 is 0 Å². The molecule has 0 unspecified atom stereocenters. The molecule has 0 radical (unpaired) electrons. The summed E-state index contributed by atoms with van der Waals surface area (Å²) in [7, 11) is 0. The van der Waals surface area contributed by atoms with Crippen LogP contribution in [-0.4, -0.2) is 5.54 Å². The Labute approximate surface area is 86.5 Å². The largest absolute Gasteiger partial charge is 0.365 e. The van der Waals surface area contributed by atoms with E-state index in [0.29, 0.717) is 12.8 Å². The van der Waals surface area contributed by atoms with E-state index in [4.69, 9.17) is 5.26 Å². The van der Waals surface area contributed by atoms with Gasteiger partial charge in [0.25, 0.3) is 0 Å². The molecule has 1 N–H and O–H groups in total. The fourth-order valence-corrected chi connectivity index (χ4v) is 1.65. The standard InChI is InChI=1S/C11H10F2N2/c12-8-3-1-4-9(10(8)13)15-11(7-14)5-2-6-11/h1,3-4,15H,2,5-6H2. The maximum absolute atomic E-state index is 13.3. The monoisotopic (exact) mass is 208 g/mol. The summed E-state index contributed by atoms with van der Waals surface area (Å²) in [6.45, 7) is 0. The molecule has 4 heteroatoms. The molecule has 1 fully saturated rings. The van der Waals surface area contributed by atoms with E-state index in [-0.39, 0.29) is 5.69 Å². The van der Waals surface area contributed by atoms with E-state index in [0.717, 1.165) is 12.5 Å². The van der Waals surface area contributed by atoms with E-state index in [1.807, 2.05) is 0 Å². The Morgan fingerprint density at radius 3 is 2.60 bits per heavy atom. The Morgan fingerprint density at radius 2 is 2.07 bits per heavy atom. The lowest BCUT2D eigenvalue weighted by atomic mass is 9.78. The van der Waals surface area contributed by atoms with Crippen molar-refractivity contribution in [2.75, 3.05) is 5.32 Å². The van der Waals surface area contributed by atoms with Gasteiger partial charge in [0.05, 0.1) is 11.8 Å². The van der Waals surface area contributed by atoms with Crippen LogP contribution in [0, 0.1) is 23.0 Å². The normalized spacial score (nSPS) is 17.7. The van der Waals surface area contributed by atoms with Crippen molar-refractivity contribution in [2.45, 2.75) is 24.8 Å². The van der Waals surface area contributed by atoms with Crippen molar-refractivity contribution in [1.82, 2.24) is 0 Å². The topological polar surface area (TPSA) is 35.8 Å². The molecule has 1 aromatic rings. The minimum Gasteiger partial charge on any atom is -0.365 e. The summed E-state index contributed by atoms with van der Waals surface area (Å²) in [5, 5.41) is 11.7. The zero-order valence-corrected chi connectivity index (χ0v) is 8.06. The predicted octanol–water partition coefficient (Wildman–Crippen LogP) is 2.82. The maximum Gasteiger partial charge on any atom is 0.181 e. The van der Waals surface area contributed by atoms with Crippen LogP contribution in [0.1, 0.15) is 19.3 Å². The molecule has 0 atom stereocenters. The third-order valence-electron chi connectivity index (χ3n) is 2.75. The summed E-state index contributed by atoms with van der Waals surface area (Å²) < 4.78 is 26.2. The van der Waals surface area contributed by atoms with Gasteiger partial charge < -0.3 is 5.32 Å². The summed E-state index contributed by atoms with van der Waals surface area (Å²) in [4.78, 5) is 0. The van der Waals surface area contributed by atoms with Crippen LogP contribution in [0.3, 0.4) is 0 Å². The van der Waals surface area contributed by atoms with Gasteiger partial charge in [-0.2, -0.15) is 5.26 Å². The van der Waals surface area contributed by atoms with E-state index < -0.39 is 17.2 Å². The van der Waals surface area contributed by atoms with E-state index in [1.165, 1.54) is 12.1 Å². The lowest BCUT2D eigenvalue weighted by molar-refractivity contribution is 0.354. The van der Waals surface area contributed by atoms with Gasteiger partial charge in [0, 0.05) is 0 Å². The van der Waals surface area contributed by atoms with Crippen molar-refractivity contribution >= 4 is 5.69 Å². The highest BCUT2D eigenvalue weighted by molar-refractivity contribution is 5.50. The average Bonchev–Trinajstić information content (AvgIpc) is 2.18. The van der Waals surface area contributed by atoms with Crippen molar-refractivity contribution in [2.24, 2.45) is 0 Å². The molecule has 0 amide bonds. The van der Waals surface area contributed by atoms with Crippen molar-refractivity contribution in [1.29, 1.82) is 5.26 Å². The first-order valence-corrected chi connectivity index (χ1v) is 4.80. The van der Waals surface area contributed by atoms with Crippen LogP contribution in [-0.2, 0) is 0 Å². The minimum absolute atomic E-state index is 0.0660. The van der Waals surface area contributed by atoms with Crippen molar-refractivity contribution in [3.63, 3.8) is 0 Å². The third-order valence-corrected chi connectivity index (χ3v) is 2.75. The first kappa shape index (κ1) is 9.91. The SMILES string of the molecule is N#CC1(Nc2cccc(F)c2F)CCC1. The molecule has 15 heavy (non-hydrogen) atoms. The molecule has 0 aliphatic heterocycles. The highest BCUT2D eigenvalue weighted by atomic mass is 19.2. The Bertz CT molecular complexity index is 419. The van der Waals surface area contributed by atoms with E-state index in [2.05, 4.69) is 11.4 Å². The number of benzene rings is 1. The molecule has 0 aromatic heterocycles. The molecule has 2 nitrogen and oxygen atoms in total. The molecule has 0 bridgehead atoms. The van der Waals surface area contributed by atoms with Gasteiger partial charge in [-0.05, 0) is 31.4 Å². The summed E-state index contributed by atoms with van der Waals surface area (Å²) in [5.74, 6) is -1.81. The van der Waals surface area contributed by atoms with E-state index in [9.17, 15) is 8.78 Å². The number of rotatable bonds is 2. The van der Waals surface area contributed by atoms with Gasteiger partial charge in [0.1, 0.15) is 5.54 Å². The van der Waals surface area contributed by atoms with Gasteiger partial charge in [0.2, 0.25) is 0 Å². The summed E-state index contributed by atoms with van der Waals surface area (Å²) in [6, 6.07) is 6.03. The van der Waals surface area contributed by atoms with Gasteiger partial charge in [-0.25, -0.2) is 8.78 Å². The van der Waals surface area contributed by atoms with Gasteiger partial charge in [0.15, 0.2) is 11.6 Å². The molecule has 1 saturated carbocycles. The molecule has 2 rings (SSSR count). The summed E-state index contributed by atoms with van der Waals surface area (Å²) in [5.41, 5.74) is -0.634. The molecule has 0 spiro atoms. The lowest BCUT2D eigenvalue weighted by Gasteiger charge is -2.36. The summed E-state index contributed by atoms with van der Waals surface area (Å²) >= 11 is 0. The highest BCUT2D eigenvalue weighted by Gasteiger charge is 2.37. The molecule has 0 heterocycles. The molecule has 1 aliphatic carbocycles. The van der Waals surface area contributed by atoms with Crippen LogP contribution in [0.25, 0.3) is 0 Å². The lowest BCUT2D eigenvalue weighted by Crippen LogP contribution is -2.43.